The number of benzene rings is 2. The van der Waals surface area contributed by atoms with Crippen molar-refractivity contribution in [2.45, 2.75) is 6.92 Å². The van der Waals surface area contributed by atoms with E-state index in [9.17, 15) is 18.8 Å². The average molecular weight is 397 g/mol. The standard InChI is InChI=1S/C21H20FN3O4/c1-13(26)23-16-7-9-17(10-8-16)24-19-18(14-3-5-15(22)6-4-14)20(27)25(21(19)28)11-12-29-2/h3-10,24H,11-12H2,1-2H3,(H,23,26). The summed E-state index contributed by atoms with van der Waals surface area (Å²) in [5.74, 6) is -1.60. The fraction of sp³-hybridized carbons (Fsp3) is 0.190. The zero-order valence-corrected chi connectivity index (χ0v) is 16.0. The van der Waals surface area contributed by atoms with E-state index in [0.29, 0.717) is 16.9 Å². The summed E-state index contributed by atoms with van der Waals surface area (Å²) in [6.45, 7) is 1.71. The van der Waals surface area contributed by atoms with Gasteiger partial charge in [0.1, 0.15) is 11.5 Å². The topological polar surface area (TPSA) is 87.7 Å². The number of ether oxygens (including phenoxy) is 1. The molecule has 2 aromatic carbocycles. The summed E-state index contributed by atoms with van der Waals surface area (Å²) in [6.07, 6.45) is 0. The fourth-order valence-electron chi connectivity index (χ4n) is 2.95. The second-order valence-corrected chi connectivity index (χ2v) is 6.40. The molecule has 2 aromatic rings. The van der Waals surface area contributed by atoms with Crippen LogP contribution in [0, 0.1) is 5.82 Å². The number of amides is 3. The largest absolute Gasteiger partial charge is 0.383 e. The molecule has 0 radical (unpaired) electrons. The Hall–Kier alpha value is -3.52. The minimum Gasteiger partial charge on any atom is -0.383 e. The second kappa shape index (κ2) is 8.66. The van der Waals surface area contributed by atoms with Gasteiger partial charge in [-0.25, -0.2) is 4.39 Å². The van der Waals surface area contributed by atoms with Crippen molar-refractivity contribution in [3.8, 4) is 0 Å². The molecule has 1 heterocycles. The van der Waals surface area contributed by atoms with E-state index in [-0.39, 0.29) is 30.3 Å². The van der Waals surface area contributed by atoms with Gasteiger partial charge in [-0.1, -0.05) is 12.1 Å². The zero-order valence-electron chi connectivity index (χ0n) is 16.0. The van der Waals surface area contributed by atoms with Crippen LogP contribution in [0.2, 0.25) is 0 Å². The Balaban J connectivity index is 1.95. The molecule has 0 saturated heterocycles. The van der Waals surface area contributed by atoms with Gasteiger partial charge in [-0.2, -0.15) is 0 Å². The lowest BCUT2D eigenvalue weighted by molar-refractivity contribution is -0.137. The van der Waals surface area contributed by atoms with E-state index in [1.165, 1.54) is 38.3 Å². The Labute approximate surface area is 167 Å². The number of imide groups is 1. The number of carbonyl (C=O) groups is 3. The number of rotatable bonds is 7. The third-order valence-corrected chi connectivity index (χ3v) is 4.29. The van der Waals surface area contributed by atoms with Gasteiger partial charge >= 0.3 is 0 Å². The summed E-state index contributed by atoms with van der Waals surface area (Å²) in [5, 5.41) is 5.65. The third-order valence-electron chi connectivity index (χ3n) is 4.29. The van der Waals surface area contributed by atoms with Crippen molar-refractivity contribution in [3.05, 3.63) is 65.6 Å². The molecule has 0 aromatic heterocycles. The lowest BCUT2D eigenvalue weighted by atomic mass is 10.0. The molecule has 0 atom stereocenters. The van der Waals surface area contributed by atoms with Crippen LogP contribution in [-0.4, -0.2) is 42.9 Å². The smallest absolute Gasteiger partial charge is 0.278 e. The maximum Gasteiger partial charge on any atom is 0.278 e. The number of methoxy groups -OCH3 is 1. The first-order valence-corrected chi connectivity index (χ1v) is 8.90. The molecule has 3 amide bonds. The Morgan fingerprint density at radius 1 is 1.00 bits per heavy atom. The van der Waals surface area contributed by atoms with Crippen LogP contribution < -0.4 is 10.6 Å². The Kier molecular flexibility index (Phi) is 6.04. The SMILES string of the molecule is COCCN1C(=O)C(Nc2ccc(NC(C)=O)cc2)=C(c2ccc(F)cc2)C1=O. The summed E-state index contributed by atoms with van der Waals surface area (Å²) in [6, 6.07) is 12.1. The number of hydrogen-bond donors (Lipinski definition) is 2. The number of nitrogens with zero attached hydrogens (tertiary/aromatic N) is 1. The minimum atomic E-state index is -0.489. The highest BCUT2D eigenvalue weighted by Crippen LogP contribution is 2.30. The van der Waals surface area contributed by atoms with E-state index in [2.05, 4.69) is 10.6 Å². The molecule has 0 unspecified atom stereocenters. The summed E-state index contributed by atoms with van der Waals surface area (Å²) in [4.78, 5) is 38.0. The van der Waals surface area contributed by atoms with Crippen molar-refractivity contribution in [2.75, 3.05) is 30.9 Å². The zero-order chi connectivity index (χ0) is 21.0. The van der Waals surface area contributed by atoms with E-state index in [1.54, 1.807) is 24.3 Å². The van der Waals surface area contributed by atoms with Gasteiger partial charge in [-0.05, 0) is 42.0 Å². The predicted molar refractivity (Wildman–Crippen MR) is 106 cm³/mol. The van der Waals surface area contributed by atoms with Crippen LogP contribution >= 0.6 is 0 Å². The van der Waals surface area contributed by atoms with Gasteiger partial charge in [0.05, 0.1) is 18.7 Å². The van der Waals surface area contributed by atoms with E-state index in [0.717, 1.165) is 4.90 Å². The van der Waals surface area contributed by atoms with Crippen molar-refractivity contribution in [1.29, 1.82) is 0 Å². The van der Waals surface area contributed by atoms with Gasteiger partial charge in [0.25, 0.3) is 11.8 Å². The van der Waals surface area contributed by atoms with Crippen molar-refractivity contribution in [2.24, 2.45) is 0 Å². The molecule has 1 aliphatic rings. The maximum atomic E-state index is 13.3. The number of hydrogen-bond acceptors (Lipinski definition) is 5. The summed E-state index contributed by atoms with van der Waals surface area (Å²) < 4.78 is 18.3. The number of carbonyl (C=O) groups excluding carboxylic acids is 3. The van der Waals surface area contributed by atoms with Crippen LogP contribution in [0.15, 0.2) is 54.2 Å². The quantitative estimate of drug-likeness (QED) is 0.702. The predicted octanol–water partition coefficient (Wildman–Crippen LogP) is 2.62. The highest BCUT2D eigenvalue weighted by molar-refractivity contribution is 6.36. The average Bonchev–Trinajstić information content (AvgIpc) is 2.92. The van der Waals surface area contributed by atoms with Gasteiger partial charge < -0.3 is 15.4 Å². The van der Waals surface area contributed by atoms with Crippen LogP contribution in [0.4, 0.5) is 15.8 Å². The Morgan fingerprint density at radius 2 is 1.62 bits per heavy atom. The molecule has 0 fully saturated rings. The Bertz CT molecular complexity index is 968. The highest BCUT2D eigenvalue weighted by Gasteiger charge is 2.38. The van der Waals surface area contributed by atoms with Crippen LogP contribution in [-0.2, 0) is 19.1 Å². The first-order valence-electron chi connectivity index (χ1n) is 8.90. The van der Waals surface area contributed by atoms with Gasteiger partial charge in [-0.15, -0.1) is 0 Å². The number of halogens is 1. The molecule has 0 spiro atoms. The second-order valence-electron chi connectivity index (χ2n) is 6.40. The highest BCUT2D eigenvalue weighted by atomic mass is 19.1. The summed E-state index contributed by atoms with van der Waals surface area (Å²) in [7, 11) is 1.48. The maximum absolute atomic E-state index is 13.3. The van der Waals surface area contributed by atoms with Gasteiger partial charge in [0.15, 0.2) is 0 Å². The summed E-state index contributed by atoms with van der Waals surface area (Å²) in [5.41, 5.74) is 1.86. The monoisotopic (exact) mass is 397 g/mol. The lowest BCUT2D eigenvalue weighted by Gasteiger charge is -2.14. The summed E-state index contributed by atoms with van der Waals surface area (Å²) >= 11 is 0. The van der Waals surface area contributed by atoms with E-state index in [4.69, 9.17) is 4.74 Å². The van der Waals surface area contributed by atoms with Crippen molar-refractivity contribution in [3.63, 3.8) is 0 Å². The van der Waals surface area contributed by atoms with Crippen LogP contribution in [0.1, 0.15) is 12.5 Å². The minimum absolute atomic E-state index is 0.102. The number of anilines is 2. The molecular weight excluding hydrogens is 377 g/mol. The van der Waals surface area contributed by atoms with Crippen molar-refractivity contribution < 1.29 is 23.5 Å². The van der Waals surface area contributed by atoms with Crippen molar-refractivity contribution in [1.82, 2.24) is 4.90 Å². The van der Waals surface area contributed by atoms with E-state index >= 15 is 0 Å². The lowest BCUT2D eigenvalue weighted by Crippen LogP contribution is -2.35. The van der Waals surface area contributed by atoms with Crippen LogP contribution in [0.25, 0.3) is 5.57 Å². The molecule has 150 valence electrons. The van der Waals surface area contributed by atoms with Crippen LogP contribution in [0.5, 0.6) is 0 Å². The molecule has 7 nitrogen and oxygen atoms in total. The first kappa shape index (κ1) is 20.2. The normalized spacial score (nSPS) is 13.8. The molecule has 0 saturated carbocycles. The fourth-order valence-corrected chi connectivity index (χ4v) is 2.95. The van der Waals surface area contributed by atoms with Gasteiger partial charge in [0.2, 0.25) is 5.91 Å². The molecule has 0 bridgehead atoms. The number of nitrogens with one attached hydrogen (secondary N) is 2. The molecule has 29 heavy (non-hydrogen) atoms. The first-order chi connectivity index (χ1) is 13.9. The van der Waals surface area contributed by atoms with E-state index in [1.807, 2.05) is 0 Å². The molecule has 8 heteroatoms. The molecular formula is C21H20FN3O4. The molecule has 3 rings (SSSR count). The molecule has 0 aliphatic carbocycles. The van der Waals surface area contributed by atoms with Gasteiger partial charge in [0, 0.05) is 25.4 Å². The van der Waals surface area contributed by atoms with Crippen molar-refractivity contribution >= 4 is 34.7 Å². The Morgan fingerprint density at radius 3 is 2.21 bits per heavy atom. The van der Waals surface area contributed by atoms with Crippen LogP contribution in [0.3, 0.4) is 0 Å². The van der Waals surface area contributed by atoms with E-state index < -0.39 is 17.6 Å². The van der Waals surface area contributed by atoms with Gasteiger partial charge in [-0.3, -0.25) is 19.3 Å². The third kappa shape index (κ3) is 4.49. The molecule has 2 N–H and O–H groups in total. The molecule has 1 aliphatic heterocycles.